The largest absolute Gasteiger partial charge is 0.340 e. The van der Waals surface area contributed by atoms with E-state index >= 15 is 0 Å². The maximum absolute atomic E-state index is 4.48. The van der Waals surface area contributed by atoms with Crippen LogP contribution in [-0.2, 0) is 19.3 Å². The molecule has 1 aliphatic rings. The minimum absolute atomic E-state index is 0.948. The molecule has 0 spiro atoms. The second kappa shape index (κ2) is 5.11. The Kier molecular flexibility index (Phi) is 3.11. The molecular weight excluding hydrogens is 278 g/mol. The van der Waals surface area contributed by atoms with Gasteiger partial charge in [-0.15, -0.1) is 11.3 Å². The maximum Gasteiger partial charge on any atom is 0.142 e. The van der Waals surface area contributed by atoms with Gasteiger partial charge in [0.2, 0.25) is 0 Å². The van der Waals surface area contributed by atoms with Crippen LogP contribution in [0, 0.1) is 0 Å². The molecule has 0 bridgehead atoms. The Bertz CT molecular complexity index is 790. The number of anilines is 2. The number of nitrogens with one attached hydrogen (secondary N) is 1. The van der Waals surface area contributed by atoms with Crippen molar-refractivity contribution >= 4 is 33.1 Å². The third-order valence-electron chi connectivity index (χ3n) is 4.13. The predicted molar refractivity (Wildman–Crippen MR) is 88.5 cm³/mol. The molecule has 106 valence electrons. The number of nitrogens with zero attached hydrogens (tertiary/aromatic N) is 2. The van der Waals surface area contributed by atoms with Gasteiger partial charge >= 0.3 is 0 Å². The van der Waals surface area contributed by atoms with Crippen molar-refractivity contribution in [1.82, 2.24) is 9.97 Å². The summed E-state index contributed by atoms with van der Waals surface area (Å²) in [6, 6.07) is 8.58. The summed E-state index contributed by atoms with van der Waals surface area (Å²) in [6.45, 7) is 2.17. The minimum atomic E-state index is 0.948. The van der Waals surface area contributed by atoms with Crippen molar-refractivity contribution in [2.45, 2.75) is 32.6 Å². The van der Waals surface area contributed by atoms with E-state index in [1.165, 1.54) is 34.2 Å². The van der Waals surface area contributed by atoms with E-state index in [1.54, 1.807) is 6.33 Å². The highest BCUT2D eigenvalue weighted by atomic mass is 32.1. The molecule has 1 aliphatic carbocycles. The molecule has 2 heterocycles. The molecule has 0 amide bonds. The molecule has 0 unspecified atom stereocenters. The highest BCUT2D eigenvalue weighted by Gasteiger charge is 2.21. The molecule has 0 atom stereocenters. The zero-order valence-corrected chi connectivity index (χ0v) is 12.8. The van der Waals surface area contributed by atoms with Crippen LogP contribution < -0.4 is 5.32 Å². The fourth-order valence-electron chi connectivity index (χ4n) is 2.98. The van der Waals surface area contributed by atoms with E-state index < -0.39 is 0 Å². The molecule has 0 saturated heterocycles. The van der Waals surface area contributed by atoms with Gasteiger partial charge in [0.1, 0.15) is 17.0 Å². The van der Waals surface area contributed by atoms with Crippen LogP contribution in [0.25, 0.3) is 10.2 Å². The third kappa shape index (κ3) is 2.20. The molecular formula is C17H17N3S. The second-order valence-corrected chi connectivity index (χ2v) is 6.52. The normalized spacial score (nSPS) is 13.6. The van der Waals surface area contributed by atoms with Gasteiger partial charge in [0.05, 0.1) is 5.39 Å². The Morgan fingerprint density at radius 2 is 2.00 bits per heavy atom. The monoisotopic (exact) mass is 295 g/mol. The number of aryl methyl sites for hydroxylation is 3. The van der Waals surface area contributed by atoms with Crippen LogP contribution in [0.5, 0.6) is 0 Å². The summed E-state index contributed by atoms with van der Waals surface area (Å²) in [7, 11) is 0. The van der Waals surface area contributed by atoms with Gasteiger partial charge in [-0.1, -0.05) is 19.1 Å². The fourth-order valence-corrected chi connectivity index (χ4v) is 4.21. The van der Waals surface area contributed by atoms with Crippen molar-refractivity contribution in [3.05, 3.63) is 46.6 Å². The van der Waals surface area contributed by atoms with Gasteiger partial charge in [0, 0.05) is 10.6 Å². The Morgan fingerprint density at radius 3 is 2.81 bits per heavy atom. The van der Waals surface area contributed by atoms with Crippen molar-refractivity contribution in [2.24, 2.45) is 0 Å². The molecule has 1 N–H and O–H groups in total. The van der Waals surface area contributed by atoms with E-state index in [1.807, 2.05) is 11.3 Å². The van der Waals surface area contributed by atoms with Crippen LogP contribution in [0.4, 0.5) is 11.5 Å². The lowest BCUT2D eigenvalue weighted by Gasteiger charge is -2.08. The quantitative estimate of drug-likeness (QED) is 0.774. The standard InChI is InChI=1S/C17H17N3S/c1-2-11-6-8-12(9-7-11)20-16-15-13-4-3-5-14(13)21-17(15)19-10-18-16/h6-10H,2-5H2,1H3,(H,18,19,20). The lowest BCUT2D eigenvalue weighted by molar-refractivity contribution is 0.917. The summed E-state index contributed by atoms with van der Waals surface area (Å²) in [6.07, 6.45) is 6.34. The highest BCUT2D eigenvalue weighted by molar-refractivity contribution is 7.19. The van der Waals surface area contributed by atoms with E-state index in [0.717, 1.165) is 29.2 Å². The van der Waals surface area contributed by atoms with Gasteiger partial charge in [-0.25, -0.2) is 9.97 Å². The molecule has 2 aromatic heterocycles. The molecule has 21 heavy (non-hydrogen) atoms. The average molecular weight is 295 g/mol. The maximum atomic E-state index is 4.48. The Hall–Kier alpha value is -1.94. The molecule has 1 aromatic carbocycles. The number of rotatable bonds is 3. The summed E-state index contributed by atoms with van der Waals surface area (Å²) in [4.78, 5) is 11.5. The number of fused-ring (bicyclic) bond motifs is 3. The Labute approximate surface area is 128 Å². The van der Waals surface area contributed by atoms with Crippen molar-refractivity contribution in [2.75, 3.05) is 5.32 Å². The molecule has 0 radical (unpaired) electrons. The zero-order valence-electron chi connectivity index (χ0n) is 12.0. The summed E-state index contributed by atoms with van der Waals surface area (Å²) in [5.74, 6) is 0.948. The van der Waals surface area contributed by atoms with Crippen molar-refractivity contribution < 1.29 is 0 Å². The van der Waals surface area contributed by atoms with Crippen molar-refractivity contribution in [3.63, 3.8) is 0 Å². The SMILES string of the molecule is CCc1ccc(Nc2ncnc3sc4c(c23)CCC4)cc1. The van der Waals surface area contributed by atoms with E-state index in [9.17, 15) is 0 Å². The van der Waals surface area contributed by atoms with Gasteiger partial charge < -0.3 is 5.32 Å². The van der Waals surface area contributed by atoms with Crippen LogP contribution in [0.15, 0.2) is 30.6 Å². The van der Waals surface area contributed by atoms with Crippen molar-refractivity contribution in [1.29, 1.82) is 0 Å². The van der Waals surface area contributed by atoms with E-state index in [-0.39, 0.29) is 0 Å². The molecule has 0 saturated carbocycles. The minimum Gasteiger partial charge on any atom is -0.340 e. The van der Waals surface area contributed by atoms with Crippen LogP contribution in [0.2, 0.25) is 0 Å². The van der Waals surface area contributed by atoms with E-state index in [4.69, 9.17) is 0 Å². The van der Waals surface area contributed by atoms with Gasteiger partial charge in [-0.2, -0.15) is 0 Å². The first kappa shape index (κ1) is 12.8. The first-order valence-corrected chi connectivity index (χ1v) is 8.28. The molecule has 4 heteroatoms. The molecule has 4 rings (SSSR count). The number of aromatic nitrogens is 2. The molecule has 3 nitrogen and oxygen atoms in total. The van der Waals surface area contributed by atoms with Crippen LogP contribution in [-0.4, -0.2) is 9.97 Å². The fraction of sp³-hybridized carbons (Fsp3) is 0.294. The first-order valence-electron chi connectivity index (χ1n) is 7.46. The Balaban J connectivity index is 1.75. The van der Waals surface area contributed by atoms with Crippen LogP contribution in [0.3, 0.4) is 0 Å². The number of benzene rings is 1. The lowest BCUT2D eigenvalue weighted by atomic mass is 10.1. The molecule has 0 fully saturated rings. The Morgan fingerprint density at radius 1 is 1.14 bits per heavy atom. The second-order valence-electron chi connectivity index (χ2n) is 5.44. The predicted octanol–water partition coefficient (Wildman–Crippen LogP) is 4.49. The summed E-state index contributed by atoms with van der Waals surface area (Å²) in [5.41, 5.74) is 3.90. The van der Waals surface area contributed by atoms with Crippen LogP contribution in [0.1, 0.15) is 29.3 Å². The number of hydrogen-bond acceptors (Lipinski definition) is 4. The highest BCUT2D eigenvalue weighted by Crippen LogP contribution is 2.39. The zero-order chi connectivity index (χ0) is 14.2. The van der Waals surface area contributed by atoms with Gasteiger partial charge in [0.15, 0.2) is 0 Å². The molecule has 3 aromatic rings. The molecule has 0 aliphatic heterocycles. The number of thiophene rings is 1. The van der Waals surface area contributed by atoms with Crippen molar-refractivity contribution in [3.8, 4) is 0 Å². The summed E-state index contributed by atoms with van der Waals surface area (Å²) < 4.78 is 0. The van der Waals surface area contributed by atoms with Crippen LogP contribution >= 0.6 is 11.3 Å². The smallest absolute Gasteiger partial charge is 0.142 e. The number of hydrogen-bond donors (Lipinski definition) is 1. The van der Waals surface area contributed by atoms with E-state index in [0.29, 0.717) is 0 Å². The van der Waals surface area contributed by atoms with Gasteiger partial charge in [-0.3, -0.25) is 0 Å². The lowest BCUT2D eigenvalue weighted by Crippen LogP contribution is -1.96. The van der Waals surface area contributed by atoms with Gasteiger partial charge in [-0.05, 0) is 48.9 Å². The van der Waals surface area contributed by atoms with E-state index in [2.05, 4.69) is 46.5 Å². The summed E-state index contributed by atoms with van der Waals surface area (Å²) >= 11 is 1.83. The average Bonchev–Trinajstić information content (AvgIpc) is 3.09. The topological polar surface area (TPSA) is 37.8 Å². The first-order chi connectivity index (χ1) is 10.3. The van der Waals surface area contributed by atoms with Gasteiger partial charge in [0.25, 0.3) is 0 Å². The third-order valence-corrected chi connectivity index (χ3v) is 5.33. The summed E-state index contributed by atoms with van der Waals surface area (Å²) in [5, 5.41) is 4.70.